The Balaban J connectivity index is 2.13. The fraction of sp³-hybridized carbons (Fsp3) is 0.579. The number of likely N-dealkylation sites (tertiary alicyclic amines) is 1. The zero-order valence-corrected chi connectivity index (χ0v) is 15.6. The summed E-state index contributed by atoms with van der Waals surface area (Å²) in [4.78, 5) is 27.1. The number of nitrogens with zero attached hydrogens (tertiary/aromatic N) is 1. The van der Waals surface area contributed by atoms with Crippen LogP contribution in [-0.4, -0.2) is 49.2 Å². The third kappa shape index (κ3) is 4.24. The van der Waals surface area contributed by atoms with Crippen LogP contribution in [0, 0.1) is 0 Å². The van der Waals surface area contributed by atoms with Crippen LogP contribution in [-0.2, 0) is 9.53 Å². The number of hydrogen-bond donors (Lipinski definition) is 0. The molecule has 0 aliphatic carbocycles. The molecule has 138 valence electrons. The van der Waals surface area contributed by atoms with Gasteiger partial charge in [-0.2, -0.15) is 0 Å². The van der Waals surface area contributed by atoms with Gasteiger partial charge in [-0.3, -0.25) is 4.79 Å². The Morgan fingerprint density at radius 2 is 1.76 bits per heavy atom. The summed E-state index contributed by atoms with van der Waals surface area (Å²) in [5.41, 5.74) is 0.237. The smallest absolute Gasteiger partial charge is 0.342 e. The van der Waals surface area contributed by atoms with Crippen molar-refractivity contribution in [2.24, 2.45) is 0 Å². The second-order valence-corrected chi connectivity index (χ2v) is 6.49. The zero-order valence-electron chi connectivity index (χ0n) is 15.6. The van der Waals surface area contributed by atoms with Gasteiger partial charge in [-0.1, -0.05) is 0 Å². The fourth-order valence-corrected chi connectivity index (χ4v) is 3.31. The molecule has 0 spiro atoms. The fourth-order valence-electron chi connectivity index (χ4n) is 3.31. The highest BCUT2D eigenvalue weighted by Gasteiger charge is 2.33. The maximum Gasteiger partial charge on any atom is 0.342 e. The number of esters is 1. The average Bonchev–Trinajstić information content (AvgIpc) is 2.60. The number of piperidine rings is 1. The Labute approximate surface area is 149 Å². The molecule has 2 rings (SSSR count). The summed E-state index contributed by atoms with van der Waals surface area (Å²) in [7, 11) is 2.99. The van der Waals surface area contributed by atoms with E-state index in [-0.39, 0.29) is 23.6 Å². The van der Waals surface area contributed by atoms with E-state index >= 15 is 0 Å². The summed E-state index contributed by atoms with van der Waals surface area (Å²) in [5.74, 6) is 0.138. The van der Waals surface area contributed by atoms with Gasteiger partial charge in [0.15, 0.2) is 6.10 Å². The van der Waals surface area contributed by atoms with Crippen molar-refractivity contribution in [3.8, 4) is 11.5 Å². The van der Waals surface area contributed by atoms with Crippen molar-refractivity contribution in [1.82, 2.24) is 4.90 Å². The Hall–Kier alpha value is -2.24. The van der Waals surface area contributed by atoms with E-state index in [1.807, 2.05) is 18.7 Å². The molecule has 3 atom stereocenters. The molecule has 6 nitrogen and oxygen atoms in total. The summed E-state index contributed by atoms with van der Waals surface area (Å²) in [6.45, 7) is 5.68. The topological polar surface area (TPSA) is 65.1 Å². The van der Waals surface area contributed by atoms with Gasteiger partial charge in [-0.15, -0.1) is 0 Å². The van der Waals surface area contributed by atoms with Gasteiger partial charge in [0.25, 0.3) is 5.91 Å². The summed E-state index contributed by atoms with van der Waals surface area (Å²) >= 11 is 0. The van der Waals surface area contributed by atoms with E-state index < -0.39 is 12.1 Å². The number of hydrogen-bond acceptors (Lipinski definition) is 5. The molecule has 0 unspecified atom stereocenters. The molecule has 0 bridgehead atoms. The summed E-state index contributed by atoms with van der Waals surface area (Å²) in [6.07, 6.45) is 2.20. The third-order valence-electron chi connectivity index (χ3n) is 4.71. The van der Waals surface area contributed by atoms with E-state index in [0.29, 0.717) is 11.5 Å². The predicted molar refractivity (Wildman–Crippen MR) is 94.0 cm³/mol. The molecule has 1 aliphatic rings. The molecular weight excluding hydrogens is 322 g/mol. The standard InChI is InChI=1S/C19H27NO5/c1-12-7-6-8-13(2)20(12)18(21)14(3)25-19(22)16-11-15(23-4)9-10-17(16)24-5/h9-14H,6-8H2,1-5H3/t12-,13+,14-/m1/s1. The van der Waals surface area contributed by atoms with Crippen LogP contribution in [0.3, 0.4) is 0 Å². The molecule has 1 fully saturated rings. The lowest BCUT2D eigenvalue weighted by Crippen LogP contribution is -2.51. The number of methoxy groups -OCH3 is 2. The molecule has 1 aromatic carbocycles. The lowest BCUT2D eigenvalue weighted by atomic mass is 9.97. The number of benzene rings is 1. The van der Waals surface area contributed by atoms with Gasteiger partial charge >= 0.3 is 5.97 Å². The van der Waals surface area contributed by atoms with Crippen molar-refractivity contribution < 1.29 is 23.8 Å². The van der Waals surface area contributed by atoms with Crippen LogP contribution < -0.4 is 9.47 Å². The molecule has 0 N–H and O–H groups in total. The largest absolute Gasteiger partial charge is 0.497 e. The number of carbonyl (C=O) groups excluding carboxylic acids is 2. The van der Waals surface area contributed by atoms with Crippen molar-refractivity contribution in [1.29, 1.82) is 0 Å². The minimum Gasteiger partial charge on any atom is -0.497 e. The van der Waals surface area contributed by atoms with E-state index in [4.69, 9.17) is 14.2 Å². The van der Waals surface area contributed by atoms with E-state index in [9.17, 15) is 9.59 Å². The molecule has 1 saturated heterocycles. The van der Waals surface area contributed by atoms with Crippen LogP contribution in [0.15, 0.2) is 18.2 Å². The molecule has 1 amide bonds. The van der Waals surface area contributed by atoms with Gasteiger partial charge in [0.2, 0.25) is 0 Å². The third-order valence-corrected chi connectivity index (χ3v) is 4.71. The molecule has 1 aromatic rings. The van der Waals surface area contributed by atoms with Crippen LogP contribution in [0.25, 0.3) is 0 Å². The van der Waals surface area contributed by atoms with E-state index in [1.165, 1.54) is 14.2 Å². The van der Waals surface area contributed by atoms with Crippen LogP contribution in [0.5, 0.6) is 11.5 Å². The lowest BCUT2D eigenvalue weighted by Gasteiger charge is -2.40. The second kappa shape index (κ2) is 8.23. The highest BCUT2D eigenvalue weighted by Crippen LogP contribution is 2.26. The molecule has 6 heteroatoms. The molecular formula is C19H27NO5. The van der Waals surface area contributed by atoms with Crippen molar-refractivity contribution in [3.63, 3.8) is 0 Å². The minimum atomic E-state index is -0.855. The first-order valence-electron chi connectivity index (χ1n) is 8.64. The Bertz CT molecular complexity index is 620. The number of amides is 1. The van der Waals surface area contributed by atoms with Gasteiger partial charge in [0.1, 0.15) is 17.1 Å². The zero-order chi connectivity index (χ0) is 18.6. The van der Waals surface area contributed by atoms with E-state index in [1.54, 1.807) is 25.1 Å². The molecule has 1 heterocycles. The number of ether oxygens (including phenoxy) is 3. The van der Waals surface area contributed by atoms with Crippen LogP contribution in [0.2, 0.25) is 0 Å². The highest BCUT2D eigenvalue weighted by atomic mass is 16.5. The maximum atomic E-state index is 12.8. The molecule has 0 radical (unpaired) electrons. The van der Waals surface area contributed by atoms with Crippen molar-refractivity contribution >= 4 is 11.9 Å². The summed E-state index contributed by atoms with van der Waals surface area (Å²) in [5, 5.41) is 0. The first-order chi connectivity index (χ1) is 11.9. The van der Waals surface area contributed by atoms with Gasteiger partial charge in [0.05, 0.1) is 14.2 Å². The van der Waals surface area contributed by atoms with E-state index in [0.717, 1.165) is 19.3 Å². The maximum absolute atomic E-state index is 12.8. The minimum absolute atomic E-state index is 0.156. The second-order valence-electron chi connectivity index (χ2n) is 6.49. The Morgan fingerprint density at radius 3 is 2.32 bits per heavy atom. The average molecular weight is 349 g/mol. The van der Waals surface area contributed by atoms with Gasteiger partial charge in [-0.25, -0.2) is 4.79 Å². The molecule has 1 aliphatic heterocycles. The Morgan fingerprint density at radius 1 is 1.12 bits per heavy atom. The molecule has 25 heavy (non-hydrogen) atoms. The van der Waals surface area contributed by atoms with Crippen molar-refractivity contribution in [2.75, 3.05) is 14.2 Å². The van der Waals surface area contributed by atoms with Crippen molar-refractivity contribution in [3.05, 3.63) is 23.8 Å². The quantitative estimate of drug-likeness (QED) is 0.765. The van der Waals surface area contributed by atoms with E-state index in [2.05, 4.69) is 0 Å². The van der Waals surface area contributed by atoms with Crippen LogP contribution in [0.1, 0.15) is 50.4 Å². The monoisotopic (exact) mass is 349 g/mol. The SMILES string of the molecule is COc1ccc(OC)c(C(=O)O[C@H](C)C(=O)N2[C@H](C)CCC[C@@H]2C)c1. The number of carbonyl (C=O) groups is 2. The Kier molecular flexibility index (Phi) is 6.28. The summed E-state index contributed by atoms with van der Waals surface area (Å²) in [6, 6.07) is 5.19. The van der Waals surface area contributed by atoms with Crippen LogP contribution in [0.4, 0.5) is 0 Å². The van der Waals surface area contributed by atoms with Gasteiger partial charge in [0, 0.05) is 12.1 Å². The van der Waals surface area contributed by atoms with Crippen LogP contribution >= 0.6 is 0 Å². The van der Waals surface area contributed by atoms with Crippen molar-refractivity contribution in [2.45, 2.75) is 58.2 Å². The van der Waals surface area contributed by atoms with Gasteiger partial charge < -0.3 is 19.1 Å². The first kappa shape index (κ1) is 19.1. The lowest BCUT2D eigenvalue weighted by molar-refractivity contribution is -0.146. The summed E-state index contributed by atoms with van der Waals surface area (Å²) < 4.78 is 15.8. The molecule has 0 aromatic heterocycles. The van der Waals surface area contributed by atoms with Gasteiger partial charge in [-0.05, 0) is 58.2 Å². The first-order valence-corrected chi connectivity index (χ1v) is 8.64. The molecule has 0 saturated carbocycles. The predicted octanol–water partition coefficient (Wildman–Crippen LogP) is 3.04. The normalized spacial score (nSPS) is 21.4. The number of rotatable bonds is 5. The highest BCUT2D eigenvalue weighted by molar-refractivity contribution is 5.95.